The lowest BCUT2D eigenvalue weighted by Crippen LogP contribution is -2.01. The number of nitrogens with one attached hydrogen (secondary N) is 1. The Morgan fingerprint density at radius 3 is 2.89 bits per heavy atom. The molecule has 1 aromatic carbocycles. The van der Waals surface area contributed by atoms with Crippen LogP contribution >= 0.6 is 11.6 Å². The Morgan fingerprint density at radius 1 is 1.39 bits per heavy atom. The van der Waals surface area contributed by atoms with Crippen molar-refractivity contribution in [3.8, 4) is 11.5 Å². The molecule has 1 aromatic heterocycles. The Bertz CT molecular complexity index is 546. The first-order valence-electron chi connectivity index (χ1n) is 5.41. The van der Waals surface area contributed by atoms with Gasteiger partial charge in [0.1, 0.15) is 11.5 Å². The molecule has 2 rings (SSSR count). The molecular formula is C13H13ClN2O2. The lowest BCUT2D eigenvalue weighted by Gasteiger charge is -2.10. The number of rotatable bonds is 4. The standard InChI is InChI=1S/C13H13ClN2O2/c1-18-10-5-4-9(12(17)7-10)8-16-11-3-2-6-15-13(11)14/h2-7,16-17H,8H2,1H3. The third-order valence-electron chi connectivity index (χ3n) is 2.52. The summed E-state index contributed by atoms with van der Waals surface area (Å²) in [6, 6.07) is 8.78. The molecule has 2 aromatic rings. The molecule has 0 atom stereocenters. The molecule has 0 aliphatic rings. The van der Waals surface area contributed by atoms with Gasteiger partial charge >= 0.3 is 0 Å². The summed E-state index contributed by atoms with van der Waals surface area (Å²) >= 11 is 5.92. The molecule has 0 amide bonds. The largest absolute Gasteiger partial charge is 0.507 e. The molecule has 0 saturated heterocycles. The molecule has 18 heavy (non-hydrogen) atoms. The second-order valence-electron chi connectivity index (χ2n) is 3.69. The van der Waals surface area contributed by atoms with Gasteiger partial charge in [0.05, 0.1) is 12.8 Å². The molecule has 94 valence electrons. The van der Waals surface area contributed by atoms with Crippen molar-refractivity contribution in [3.63, 3.8) is 0 Å². The van der Waals surface area contributed by atoms with Crippen LogP contribution in [0.25, 0.3) is 0 Å². The minimum absolute atomic E-state index is 0.182. The molecule has 0 radical (unpaired) electrons. The summed E-state index contributed by atoms with van der Waals surface area (Å²) in [6.45, 7) is 0.460. The third kappa shape index (κ3) is 2.84. The quantitative estimate of drug-likeness (QED) is 0.834. The van der Waals surface area contributed by atoms with Gasteiger partial charge in [0.2, 0.25) is 0 Å². The van der Waals surface area contributed by atoms with Crippen LogP contribution in [0, 0.1) is 0 Å². The van der Waals surface area contributed by atoms with Crippen molar-refractivity contribution in [2.24, 2.45) is 0 Å². The number of phenolic OH excluding ortho intramolecular Hbond substituents is 1. The van der Waals surface area contributed by atoms with Gasteiger partial charge in [0, 0.05) is 24.4 Å². The molecular weight excluding hydrogens is 252 g/mol. The van der Waals surface area contributed by atoms with E-state index in [1.165, 1.54) is 0 Å². The Balaban J connectivity index is 2.09. The fourth-order valence-electron chi connectivity index (χ4n) is 1.53. The summed E-state index contributed by atoms with van der Waals surface area (Å²) < 4.78 is 5.02. The van der Waals surface area contributed by atoms with E-state index in [0.717, 1.165) is 11.3 Å². The lowest BCUT2D eigenvalue weighted by atomic mass is 10.2. The molecule has 0 fully saturated rings. The number of aromatic nitrogens is 1. The van der Waals surface area contributed by atoms with Crippen molar-refractivity contribution in [1.82, 2.24) is 4.98 Å². The summed E-state index contributed by atoms with van der Waals surface area (Å²) in [5, 5.41) is 13.3. The summed E-state index contributed by atoms with van der Waals surface area (Å²) in [6.07, 6.45) is 1.62. The third-order valence-corrected chi connectivity index (χ3v) is 2.82. The highest BCUT2D eigenvalue weighted by atomic mass is 35.5. The van der Waals surface area contributed by atoms with Gasteiger partial charge in [-0.25, -0.2) is 4.98 Å². The van der Waals surface area contributed by atoms with E-state index in [1.54, 1.807) is 37.6 Å². The van der Waals surface area contributed by atoms with Crippen LogP contribution in [0.5, 0.6) is 11.5 Å². The second-order valence-corrected chi connectivity index (χ2v) is 4.05. The number of phenols is 1. The van der Waals surface area contributed by atoms with Gasteiger partial charge in [-0.2, -0.15) is 0 Å². The van der Waals surface area contributed by atoms with Gasteiger partial charge in [-0.05, 0) is 24.3 Å². The van der Waals surface area contributed by atoms with Crippen molar-refractivity contribution in [2.45, 2.75) is 6.54 Å². The summed E-state index contributed by atoms with van der Waals surface area (Å²) in [5.41, 5.74) is 1.49. The summed E-state index contributed by atoms with van der Waals surface area (Å²) in [7, 11) is 1.56. The molecule has 0 aliphatic carbocycles. The summed E-state index contributed by atoms with van der Waals surface area (Å²) in [4.78, 5) is 3.96. The first-order valence-corrected chi connectivity index (χ1v) is 5.79. The van der Waals surface area contributed by atoms with Crippen LogP contribution in [0.2, 0.25) is 5.15 Å². The molecule has 0 aliphatic heterocycles. The van der Waals surface area contributed by atoms with Gasteiger partial charge in [-0.3, -0.25) is 0 Å². The van der Waals surface area contributed by atoms with Gasteiger partial charge in [0.25, 0.3) is 0 Å². The highest BCUT2D eigenvalue weighted by Gasteiger charge is 2.04. The van der Waals surface area contributed by atoms with E-state index >= 15 is 0 Å². The minimum atomic E-state index is 0.182. The van der Waals surface area contributed by atoms with Crippen molar-refractivity contribution >= 4 is 17.3 Å². The molecule has 0 spiro atoms. The maximum atomic E-state index is 9.80. The molecule has 0 saturated carbocycles. The predicted octanol–water partition coefficient (Wildman–Crippen LogP) is 3.06. The van der Waals surface area contributed by atoms with E-state index in [0.29, 0.717) is 17.4 Å². The van der Waals surface area contributed by atoms with Crippen LogP contribution in [-0.2, 0) is 6.54 Å². The number of nitrogens with zero attached hydrogens (tertiary/aromatic N) is 1. The Labute approximate surface area is 110 Å². The molecule has 0 bridgehead atoms. The van der Waals surface area contributed by atoms with E-state index in [4.69, 9.17) is 16.3 Å². The van der Waals surface area contributed by atoms with E-state index in [9.17, 15) is 5.11 Å². The number of aromatic hydroxyl groups is 1. The van der Waals surface area contributed by atoms with Crippen molar-refractivity contribution in [1.29, 1.82) is 0 Å². The normalized spacial score (nSPS) is 10.1. The van der Waals surface area contributed by atoms with Crippen molar-refractivity contribution < 1.29 is 9.84 Å². The van der Waals surface area contributed by atoms with Crippen LogP contribution in [-0.4, -0.2) is 17.2 Å². The fraction of sp³-hybridized carbons (Fsp3) is 0.154. The highest BCUT2D eigenvalue weighted by Crippen LogP contribution is 2.25. The number of halogens is 1. The minimum Gasteiger partial charge on any atom is -0.507 e. The predicted molar refractivity (Wildman–Crippen MR) is 71.2 cm³/mol. The number of benzene rings is 1. The topological polar surface area (TPSA) is 54.4 Å². The highest BCUT2D eigenvalue weighted by molar-refractivity contribution is 6.31. The molecule has 4 nitrogen and oxygen atoms in total. The average Bonchev–Trinajstić information content (AvgIpc) is 2.39. The Hall–Kier alpha value is -1.94. The van der Waals surface area contributed by atoms with Crippen LogP contribution in [0.3, 0.4) is 0 Å². The number of ether oxygens (including phenoxy) is 1. The van der Waals surface area contributed by atoms with E-state index in [1.807, 2.05) is 6.07 Å². The number of hydrogen-bond donors (Lipinski definition) is 2. The molecule has 2 N–H and O–H groups in total. The number of methoxy groups -OCH3 is 1. The Kier molecular flexibility index (Phi) is 3.89. The first kappa shape index (κ1) is 12.5. The smallest absolute Gasteiger partial charge is 0.152 e. The second kappa shape index (κ2) is 5.60. The van der Waals surface area contributed by atoms with Gasteiger partial charge in [-0.15, -0.1) is 0 Å². The molecule has 1 heterocycles. The maximum Gasteiger partial charge on any atom is 0.152 e. The zero-order valence-electron chi connectivity index (χ0n) is 9.85. The molecule has 5 heteroatoms. The van der Waals surface area contributed by atoms with Crippen LogP contribution < -0.4 is 10.1 Å². The fourth-order valence-corrected chi connectivity index (χ4v) is 1.71. The van der Waals surface area contributed by atoms with Crippen LogP contribution in [0.1, 0.15) is 5.56 Å². The van der Waals surface area contributed by atoms with E-state index in [2.05, 4.69) is 10.3 Å². The van der Waals surface area contributed by atoms with Gasteiger partial charge < -0.3 is 15.2 Å². The lowest BCUT2D eigenvalue weighted by molar-refractivity contribution is 0.406. The first-order chi connectivity index (χ1) is 8.70. The number of anilines is 1. The monoisotopic (exact) mass is 264 g/mol. The zero-order chi connectivity index (χ0) is 13.0. The van der Waals surface area contributed by atoms with Crippen LogP contribution in [0.4, 0.5) is 5.69 Å². The van der Waals surface area contributed by atoms with Crippen molar-refractivity contribution in [3.05, 3.63) is 47.2 Å². The molecule has 0 unspecified atom stereocenters. The number of hydrogen-bond acceptors (Lipinski definition) is 4. The van der Waals surface area contributed by atoms with Crippen LogP contribution in [0.15, 0.2) is 36.5 Å². The number of pyridine rings is 1. The zero-order valence-corrected chi connectivity index (χ0v) is 10.6. The van der Waals surface area contributed by atoms with Crippen molar-refractivity contribution in [2.75, 3.05) is 12.4 Å². The van der Waals surface area contributed by atoms with E-state index < -0.39 is 0 Å². The summed E-state index contributed by atoms with van der Waals surface area (Å²) in [5.74, 6) is 0.803. The van der Waals surface area contributed by atoms with Gasteiger partial charge in [-0.1, -0.05) is 11.6 Å². The average molecular weight is 265 g/mol. The SMILES string of the molecule is COc1ccc(CNc2cccnc2Cl)c(O)c1. The van der Waals surface area contributed by atoms with E-state index in [-0.39, 0.29) is 5.75 Å². The maximum absolute atomic E-state index is 9.80. The van der Waals surface area contributed by atoms with Gasteiger partial charge in [0.15, 0.2) is 5.15 Å². The Morgan fingerprint density at radius 2 is 2.22 bits per heavy atom.